The van der Waals surface area contributed by atoms with Gasteiger partial charge in [-0.1, -0.05) is 30.3 Å². The second-order valence-electron chi connectivity index (χ2n) is 4.77. The summed E-state index contributed by atoms with van der Waals surface area (Å²) in [4.78, 5) is 17.7. The van der Waals surface area contributed by atoms with Gasteiger partial charge >= 0.3 is 0 Å². The lowest BCUT2D eigenvalue weighted by molar-refractivity contribution is 0.311. The van der Waals surface area contributed by atoms with Crippen molar-refractivity contribution in [3.63, 3.8) is 0 Å². The van der Waals surface area contributed by atoms with Crippen LogP contribution in [0.1, 0.15) is 0 Å². The standard InChI is InChI=1S/C14H17N5/c1-18-7-9-19(10-8-18)14-16-11-15-13(17-14)12-5-3-2-4-6-12/h2-6,11H,7-10H2,1H3. The first kappa shape index (κ1) is 12.0. The zero-order valence-corrected chi connectivity index (χ0v) is 11.0. The monoisotopic (exact) mass is 255 g/mol. The van der Waals surface area contributed by atoms with Crippen LogP contribution in [0.4, 0.5) is 5.95 Å². The summed E-state index contributed by atoms with van der Waals surface area (Å²) in [5, 5.41) is 0. The van der Waals surface area contributed by atoms with Crippen LogP contribution in [0.25, 0.3) is 11.4 Å². The average molecular weight is 255 g/mol. The minimum Gasteiger partial charge on any atom is -0.338 e. The van der Waals surface area contributed by atoms with E-state index in [1.165, 1.54) is 0 Å². The van der Waals surface area contributed by atoms with Gasteiger partial charge in [0, 0.05) is 31.7 Å². The van der Waals surface area contributed by atoms with Gasteiger partial charge in [-0.15, -0.1) is 0 Å². The zero-order chi connectivity index (χ0) is 13.1. The van der Waals surface area contributed by atoms with Crippen molar-refractivity contribution >= 4 is 5.95 Å². The molecule has 2 heterocycles. The van der Waals surface area contributed by atoms with Crippen LogP contribution in [0.5, 0.6) is 0 Å². The summed E-state index contributed by atoms with van der Waals surface area (Å²) < 4.78 is 0. The van der Waals surface area contributed by atoms with Gasteiger partial charge in [0.2, 0.25) is 5.95 Å². The summed E-state index contributed by atoms with van der Waals surface area (Å²) in [5.41, 5.74) is 1.03. The van der Waals surface area contributed by atoms with Crippen LogP contribution in [-0.2, 0) is 0 Å². The first-order chi connectivity index (χ1) is 9.33. The van der Waals surface area contributed by atoms with Crippen LogP contribution >= 0.6 is 0 Å². The van der Waals surface area contributed by atoms with Gasteiger partial charge in [0.25, 0.3) is 0 Å². The van der Waals surface area contributed by atoms with Crippen molar-refractivity contribution in [2.75, 3.05) is 38.1 Å². The van der Waals surface area contributed by atoms with Crippen LogP contribution in [0, 0.1) is 0 Å². The molecule has 19 heavy (non-hydrogen) atoms. The quantitative estimate of drug-likeness (QED) is 0.809. The van der Waals surface area contributed by atoms with Gasteiger partial charge < -0.3 is 9.80 Å². The van der Waals surface area contributed by atoms with Crippen molar-refractivity contribution in [3.05, 3.63) is 36.7 Å². The fraction of sp³-hybridized carbons (Fsp3) is 0.357. The van der Waals surface area contributed by atoms with Gasteiger partial charge in [-0.3, -0.25) is 0 Å². The number of aromatic nitrogens is 3. The summed E-state index contributed by atoms with van der Waals surface area (Å²) in [7, 11) is 2.14. The Bertz CT molecular complexity index is 535. The van der Waals surface area contributed by atoms with Crippen LogP contribution < -0.4 is 4.90 Å². The number of hydrogen-bond acceptors (Lipinski definition) is 5. The molecular formula is C14H17N5. The Kier molecular flexibility index (Phi) is 3.37. The molecule has 1 aliphatic heterocycles. The number of rotatable bonds is 2. The summed E-state index contributed by atoms with van der Waals surface area (Å²) >= 11 is 0. The van der Waals surface area contributed by atoms with E-state index < -0.39 is 0 Å². The Morgan fingerprint density at radius 2 is 1.68 bits per heavy atom. The Hall–Kier alpha value is -2.01. The molecule has 0 spiro atoms. The van der Waals surface area contributed by atoms with Gasteiger partial charge in [-0.2, -0.15) is 4.98 Å². The fourth-order valence-corrected chi connectivity index (χ4v) is 2.17. The largest absolute Gasteiger partial charge is 0.338 e. The molecule has 0 saturated carbocycles. The summed E-state index contributed by atoms with van der Waals surface area (Å²) in [6.07, 6.45) is 1.60. The first-order valence-electron chi connectivity index (χ1n) is 6.51. The normalized spacial score (nSPS) is 16.6. The third-order valence-electron chi connectivity index (χ3n) is 3.38. The van der Waals surface area contributed by atoms with Crippen molar-refractivity contribution in [3.8, 4) is 11.4 Å². The summed E-state index contributed by atoms with van der Waals surface area (Å²) in [5.74, 6) is 1.52. The highest BCUT2D eigenvalue weighted by Crippen LogP contribution is 2.16. The molecule has 3 rings (SSSR count). The Morgan fingerprint density at radius 1 is 0.947 bits per heavy atom. The maximum absolute atomic E-state index is 4.58. The molecule has 2 aromatic rings. The van der Waals surface area contributed by atoms with E-state index in [1.54, 1.807) is 6.33 Å². The molecule has 0 unspecified atom stereocenters. The van der Waals surface area contributed by atoms with Crippen LogP contribution in [0.2, 0.25) is 0 Å². The molecule has 0 radical (unpaired) electrons. The number of nitrogens with zero attached hydrogens (tertiary/aromatic N) is 5. The lowest BCUT2D eigenvalue weighted by Gasteiger charge is -2.32. The molecule has 0 N–H and O–H groups in total. The van der Waals surface area contributed by atoms with E-state index in [9.17, 15) is 0 Å². The van der Waals surface area contributed by atoms with Crippen LogP contribution in [-0.4, -0.2) is 53.1 Å². The highest BCUT2D eigenvalue weighted by atomic mass is 15.3. The molecule has 1 saturated heterocycles. The predicted octanol–water partition coefficient (Wildman–Crippen LogP) is 1.29. The zero-order valence-electron chi connectivity index (χ0n) is 11.0. The second kappa shape index (κ2) is 5.32. The van der Waals surface area contributed by atoms with Crippen LogP contribution in [0.3, 0.4) is 0 Å². The van der Waals surface area contributed by atoms with E-state index in [2.05, 4.69) is 31.8 Å². The minimum atomic E-state index is 0.740. The lowest BCUT2D eigenvalue weighted by atomic mass is 10.2. The summed E-state index contributed by atoms with van der Waals surface area (Å²) in [6.45, 7) is 4.03. The van der Waals surface area contributed by atoms with E-state index in [0.717, 1.165) is 43.5 Å². The molecule has 5 nitrogen and oxygen atoms in total. The maximum Gasteiger partial charge on any atom is 0.228 e. The summed E-state index contributed by atoms with van der Waals surface area (Å²) in [6, 6.07) is 10.0. The number of anilines is 1. The average Bonchev–Trinajstić information content (AvgIpc) is 2.49. The lowest BCUT2D eigenvalue weighted by Crippen LogP contribution is -2.45. The molecule has 98 valence electrons. The van der Waals surface area contributed by atoms with Gasteiger partial charge in [0.1, 0.15) is 6.33 Å². The van der Waals surface area contributed by atoms with E-state index in [-0.39, 0.29) is 0 Å². The van der Waals surface area contributed by atoms with Crippen molar-refractivity contribution < 1.29 is 0 Å². The van der Waals surface area contributed by atoms with Crippen molar-refractivity contribution in [2.24, 2.45) is 0 Å². The number of benzene rings is 1. The van der Waals surface area contributed by atoms with E-state index in [4.69, 9.17) is 0 Å². The maximum atomic E-state index is 4.58. The molecule has 1 aliphatic rings. The van der Waals surface area contributed by atoms with E-state index in [1.807, 2.05) is 30.3 Å². The Labute approximate surface area is 112 Å². The smallest absolute Gasteiger partial charge is 0.228 e. The third kappa shape index (κ3) is 2.71. The second-order valence-corrected chi connectivity index (χ2v) is 4.77. The topological polar surface area (TPSA) is 45.2 Å². The SMILES string of the molecule is CN1CCN(c2ncnc(-c3ccccc3)n2)CC1. The van der Waals surface area contributed by atoms with Gasteiger partial charge in [-0.05, 0) is 7.05 Å². The highest BCUT2D eigenvalue weighted by Gasteiger charge is 2.17. The Morgan fingerprint density at radius 3 is 2.42 bits per heavy atom. The third-order valence-corrected chi connectivity index (χ3v) is 3.38. The molecule has 0 atom stereocenters. The van der Waals surface area contributed by atoms with E-state index >= 15 is 0 Å². The molecule has 1 aromatic heterocycles. The molecule has 0 bridgehead atoms. The predicted molar refractivity (Wildman–Crippen MR) is 75.0 cm³/mol. The molecule has 5 heteroatoms. The number of piperazine rings is 1. The van der Waals surface area contributed by atoms with Crippen LogP contribution in [0.15, 0.2) is 36.7 Å². The molecule has 1 aromatic carbocycles. The van der Waals surface area contributed by atoms with Gasteiger partial charge in [0.05, 0.1) is 0 Å². The highest BCUT2D eigenvalue weighted by molar-refractivity contribution is 5.55. The number of hydrogen-bond donors (Lipinski definition) is 0. The van der Waals surface area contributed by atoms with Crippen molar-refractivity contribution in [2.45, 2.75) is 0 Å². The molecule has 1 fully saturated rings. The first-order valence-corrected chi connectivity index (χ1v) is 6.51. The minimum absolute atomic E-state index is 0.740. The van der Waals surface area contributed by atoms with E-state index in [0.29, 0.717) is 0 Å². The van der Waals surface area contributed by atoms with Gasteiger partial charge in [-0.25, -0.2) is 9.97 Å². The molecular weight excluding hydrogens is 238 g/mol. The van der Waals surface area contributed by atoms with Crippen molar-refractivity contribution in [1.82, 2.24) is 19.9 Å². The molecule has 0 amide bonds. The fourth-order valence-electron chi connectivity index (χ4n) is 2.17. The Balaban J connectivity index is 1.84. The van der Waals surface area contributed by atoms with Gasteiger partial charge in [0.15, 0.2) is 5.82 Å². The number of likely N-dealkylation sites (N-methyl/N-ethyl adjacent to an activating group) is 1. The molecule has 0 aliphatic carbocycles. The van der Waals surface area contributed by atoms with Crippen molar-refractivity contribution in [1.29, 1.82) is 0 Å².